The highest BCUT2D eigenvalue weighted by atomic mass is 16.5. The van der Waals surface area contributed by atoms with Gasteiger partial charge in [0.15, 0.2) is 11.5 Å². The maximum absolute atomic E-state index is 7.69. The molecular formula is C16H24N2O2. The van der Waals surface area contributed by atoms with Gasteiger partial charge in [-0.25, -0.2) is 6.57 Å². The van der Waals surface area contributed by atoms with Gasteiger partial charge >= 0.3 is 0 Å². The van der Waals surface area contributed by atoms with E-state index in [1.807, 2.05) is 18.2 Å². The number of nitrogens with zero attached hydrogens (tertiary/aromatic N) is 1. The lowest BCUT2D eigenvalue weighted by molar-refractivity contribution is 0.336. The van der Waals surface area contributed by atoms with Crippen molar-refractivity contribution >= 4 is 0 Å². The van der Waals surface area contributed by atoms with E-state index in [9.17, 15) is 0 Å². The van der Waals surface area contributed by atoms with E-state index in [-0.39, 0.29) is 5.92 Å². The Hall–Kier alpha value is -1.73. The van der Waals surface area contributed by atoms with Crippen molar-refractivity contribution in [2.75, 3.05) is 20.8 Å². The standard InChI is InChI=1S/C16H24N2O2/c1-12(2)16(18-3,9-6-10-17)13-7-8-14(19-4)15(11-13)20-5/h7-8,11-12H,6,9-10,17H2,1-2,4-5H3. The molecule has 0 aromatic heterocycles. The Morgan fingerprint density at radius 2 is 1.90 bits per heavy atom. The second-order valence-electron chi connectivity index (χ2n) is 5.15. The van der Waals surface area contributed by atoms with Crippen LogP contribution in [0.4, 0.5) is 0 Å². The van der Waals surface area contributed by atoms with Crippen LogP contribution in [-0.4, -0.2) is 20.8 Å². The second-order valence-corrected chi connectivity index (χ2v) is 5.15. The molecule has 0 aliphatic rings. The van der Waals surface area contributed by atoms with Crippen molar-refractivity contribution in [3.63, 3.8) is 0 Å². The number of hydrogen-bond donors (Lipinski definition) is 1. The predicted molar refractivity (Wildman–Crippen MR) is 81.0 cm³/mol. The van der Waals surface area contributed by atoms with Gasteiger partial charge in [-0.05, 0) is 31.2 Å². The molecule has 0 fully saturated rings. The van der Waals surface area contributed by atoms with Gasteiger partial charge in [0.25, 0.3) is 5.54 Å². The van der Waals surface area contributed by atoms with E-state index < -0.39 is 5.54 Å². The van der Waals surface area contributed by atoms with Crippen molar-refractivity contribution < 1.29 is 9.47 Å². The summed E-state index contributed by atoms with van der Waals surface area (Å²) in [5, 5.41) is 0. The van der Waals surface area contributed by atoms with Crippen molar-refractivity contribution in [2.45, 2.75) is 32.2 Å². The van der Waals surface area contributed by atoms with Crippen molar-refractivity contribution in [2.24, 2.45) is 11.7 Å². The zero-order valence-corrected chi connectivity index (χ0v) is 12.8. The first-order valence-electron chi connectivity index (χ1n) is 6.87. The third-order valence-corrected chi connectivity index (χ3v) is 3.80. The molecule has 4 nitrogen and oxygen atoms in total. The zero-order chi connectivity index (χ0) is 15.2. The van der Waals surface area contributed by atoms with Gasteiger partial charge in [-0.15, -0.1) is 0 Å². The highest BCUT2D eigenvalue weighted by molar-refractivity contribution is 5.46. The Bertz CT molecular complexity index is 480. The largest absolute Gasteiger partial charge is 0.493 e. The van der Waals surface area contributed by atoms with Crippen molar-refractivity contribution in [1.82, 2.24) is 0 Å². The van der Waals surface area contributed by atoms with Crippen LogP contribution >= 0.6 is 0 Å². The topological polar surface area (TPSA) is 48.8 Å². The lowest BCUT2D eigenvalue weighted by Crippen LogP contribution is -2.29. The fraction of sp³-hybridized carbons (Fsp3) is 0.562. The minimum Gasteiger partial charge on any atom is -0.493 e. The molecule has 20 heavy (non-hydrogen) atoms. The van der Waals surface area contributed by atoms with Crippen LogP contribution < -0.4 is 15.2 Å². The van der Waals surface area contributed by atoms with Crippen LogP contribution in [0.5, 0.6) is 11.5 Å². The van der Waals surface area contributed by atoms with Crippen LogP contribution in [0.1, 0.15) is 32.3 Å². The summed E-state index contributed by atoms with van der Waals surface area (Å²) in [6.45, 7) is 12.4. The molecular weight excluding hydrogens is 252 g/mol. The molecule has 0 bridgehead atoms. The quantitative estimate of drug-likeness (QED) is 0.778. The van der Waals surface area contributed by atoms with E-state index in [4.69, 9.17) is 21.8 Å². The van der Waals surface area contributed by atoms with Crippen LogP contribution in [0.25, 0.3) is 4.85 Å². The molecule has 0 saturated heterocycles. The molecule has 1 rings (SSSR count). The van der Waals surface area contributed by atoms with E-state index in [0.717, 1.165) is 18.4 Å². The molecule has 0 aliphatic heterocycles. The van der Waals surface area contributed by atoms with Gasteiger partial charge in [0.2, 0.25) is 0 Å². The molecule has 0 amide bonds. The Morgan fingerprint density at radius 3 is 2.35 bits per heavy atom. The summed E-state index contributed by atoms with van der Waals surface area (Å²) in [6, 6.07) is 5.72. The molecule has 1 aromatic rings. The van der Waals surface area contributed by atoms with Gasteiger partial charge < -0.3 is 20.1 Å². The average Bonchev–Trinajstić information content (AvgIpc) is 2.47. The van der Waals surface area contributed by atoms with Gasteiger partial charge in [-0.3, -0.25) is 0 Å². The Kier molecular flexibility index (Phi) is 5.84. The molecule has 0 aliphatic carbocycles. The summed E-state index contributed by atoms with van der Waals surface area (Å²) in [6.07, 6.45) is 1.58. The first-order valence-corrected chi connectivity index (χ1v) is 6.87. The smallest absolute Gasteiger partial charge is 0.259 e. The van der Waals surface area contributed by atoms with Crippen LogP contribution in [0.2, 0.25) is 0 Å². The third kappa shape index (κ3) is 3.05. The number of rotatable bonds is 7. The van der Waals surface area contributed by atoms with Gasteiger partial charge in [-0.2, -0.15) is 0 Å². The number of nitrogens with two attached hydrogens (primary N) is 1. The van der Waals surface area contributed by atoms with E-state index in [1.165, 1.54) is 0 Å². The Labute approximate surface area is 121 Å². The average molecular weight is 276 g/mol. The maximum Gasteiger partial charge on any atom is 0.259 e. The van der Waals surface area contributed by atoms with Crippen molar-refractivity contribution in [3.05, 3.63) is 35.2 Å². The number of ether oxygens (including phenoxy) is 2. The van der Waals surface area contributed by atoms with Gasteiger partial charge in [0, 0.05) is 17.9 Å². The molecule has 0 heterocycles. The van der Waals surface area contributed by atoms with Gasteiger partial charge in [0.05, 0.1) is 14.2 Å². The minimum atomic E-state index is -0.557. The number of methoxy groups -OCH3 is 2. The predicted octanol–water partition coefficient (Wildman–Crippen LogP) is 3.21. The Morgan fingerprint density at radius 1 is 1.25 bits per heavy atom. The van der Waals surface area contributed by atoms with Crippen LogP contribution in [0.3, 0.4) is 0 Å². The van der Waals surface area contributed by atoms with E-state index in [2.05, 4.69) is 18.7 Å². The molecule has 110 valence electrons. The summed E-state index contributed by atoms with van der Waals surface area (Å²) < 4.78 is 10.6. The van der Waals surface area contributed by atoms with Crippen molar-refractivity contribution in [1.29, 1.82) is 0 Å². The zero-order valence-electron chi connectivity index (χ0n) is 12.8. The monoisotopic (exact) mass is 276 g/mol. The summed E-state index contributed by atoms with van der Waals surface area (Å²) >= 11 is 0. The lowest BCUT2D eigenvalue weighted by Gasteiger charge is -2.27. The summed E-state index contributed by atoms with van der Waals surface area (Å²) in [4.78, 5) is 3.96. The molecule has 0 spiro atoms. The molecule has 0 saturated carbocycles. The first-order chi connectivity index (χ1) is 9.55. The highest BCUT2D eigenvalue weighted by Gasteiger charge is 2.42. The van der Waals surface area contributed by atoms with E-state index in [1.54, 1.807) is 14.2 Å². The SMILES string of the molecule is [C-]#[N+]C(CCCN)(c1ccc(OC)c(OC)c1)C(C)C. The van der Waals surface area contributed by atoms with Gasteiger partial charge in [-0.1, -0.05) is 13.8 Å². The van der Waals surface area contributed by atoms with Crippen molar-refractivity contribution in [3.8, 4) is 11.5 Å². The van der Waals surface area contributed by atoms with Crippen LogP contribution in [0.15, 0.2) is 18.2 Å². The molecule has 2 N–H and O–H groups in total. The van der Waals surface area contributed by atoms with Crippen LogP contribution in [-0.2, 0) is 5.54 Å². The maximum atomic E-state index is 7.69. The lowest BCUT2D eigenvalue weighted by atomic mass is 9.77. The molecule has 4 heteroatoms. The van der Waals surface area contributed by atoms with Gasteiger partial charge in [0.1, 0.15) is 0 Å². The Balaban J connectivity index is 3.31. The summed E-state index contributed by atoms with van der Waals surface area (Å²) in [5.41, 5.74) is 6.03. The molecule has 1 aromatic carbocycles. The fourth-order valence-corrected chi connectivity index (χ4v) is 2.49. The summed E-state index contributed by atoms with van der Waals surface area (Å²) in [5.74, 6) is 1.54. The molecule has 1 unspecified atom stereocenters. The van der Waals surface area contributed by atoms with Crippen LogP contribution in [0, 0.1) is 12.5 Å². The normalized spacial score (nSPS) is 13.7. The molecule has 1 atom stereocenters. The minimum absolute atomic E-state index is 0.199. The third-order valence-electron chi connectivity index (χ3n) is 3.80. The number of hydrogen-bond acceptors (Lipinski definition) is 3. The van der Waals surface area contributed by atoms with E-state index >= 15 is 0 Å². The second kappa shape index (κ2) is 7.16. The first kappa shape index (κ1) is 16.3. The fourth-order valence-electron chi connectivity index (χ4n) is 2.49. The summed E-state index contributed by atoms with van der Waals surface area (Å²) in [7, 11) is 3.22. The highest BCUT2D eigenvalue weighted by Crippen LogP contribution is 2.41. The van der Waals surface area contributed by atoms with E-state index in [0.29, 0.717) is 18.0 Å². The number of benzene rings is 1. The molecule has 0 radical (unpaired) electrons.